The minimum atomic E-state index is -0.318. The first-order valence-electron chi connectivity index (χ1n) is 5.71. The van der Waals surface area contributed by atoms with Crippen LogP contribution in [0.4, 0.5) is 10.1 Å². The number of aromatic nitrogens is 1. The number of halogens is 2. The zero-order chi connectivity index (χ0) is 13.8. The zero-order valence-corrected chi connectivity index (χ0v) is 11.0. The van der Waals surface area contributed by atoms with E-state index in [2.05, 4.69) is 10.3 Å². The molecule has 0 atom stereocenters. The molecule has 2 rings (SSSR count). The lowest BCUT2D eigenvalue weighted by Gasteiger charge is -2.06. The van der Waals surface area contributed by atoms with Crippen molar-refractivity contribution in [3.63, 3.8) is 0 Å². The zero-order valence-electron chi connectivity index (χ0n) is 10.3. The van der Waals surface area contributed by atoms with Crippen molar-refractivity contribution in [1.29, 1.82) is 0 Å². The molecular weight excluding hydrogens is 267 g/mol. The standard InChI is InChI=1S/C14H12ClFN2O/c1-9-6-12(8-17-14(9)15)18-13(19)7-10-2-4-11(16)5-3-10/h2-6,8H,7H2,1H3,(H,18,19). The van der Waals surface area contributed by atoms with Crippen LogP contribution >= 0.6 is 11.6 Å². The highest BCUT2D eigenvalue weighted by Gasteiger charge is 2.06. The Kier molecular flexibility index (Phi) is 4.12. The number of aryl methyl sites for hydroxylation is 1. The van der Waals surface area contributed by atoms with Crippen molar-refractivity contribution in [3.05, 3.63) is 58.6 Å². The van der Waals surface area contributed by atoms with Gasteiger partial charge in [-0.15, -0.1) is 0 Å². The number of pyridine rings is 1. The molecule has 0 bridgehead atoms. The molecule has 19 heavy (non-hydrogen) atoms. The van der Waals surface area contributed by atoms with Crippen LogP contribution in [0, 0.1) is 12.7 Å². The van der Waals surface area contributed by atoms with Crippen LogP contribution in [0.5, 0.6) is 0 Å². The minimum Gasteiger partial charge on any atom is -0.324 e. The number of carbonyl (C=O) groups excluding carboxylic acids is 1. The lowest BCUT2D eigenvalue weighted by atomic mass is 10.1. The first kappa shape index (κ1) is 13.5. The van der Waals surface area contributed by atoms with Gasteiger partial charge >= 0.3 is 0 Å². The molecule has 3 nitrogen and oxygen atoms in total. The normalized spacial score (nSPS) is 10.3. The van der Waals surface area contributed by atoms with Gasteiger partial charge in [-0.2, -0.15) is 0 Å². The van der Waals surface area contributed by atoms with Gasteiger partial charge in [0, 0.05) is 0 Å². The van der Waals surface area contributed by atoms with Crippen molar-refractivity contribution >= 4 is 23.2 Å². The Balaban J connectivity index is 2.01. The molecule has 0 saturated heterocycles. The summed E-state index contributed by atoms with van der Waals surface area (Å²) in [7, 11) is 0. The van der Waals surface area contributed by atoms with Crippen LogP contribution in [0.25, 0.3) is 0 Å². The highest BCUT2D eigenvalue weighted by Crippen LogP contribution is 2.16. The molecule has 0 spiro atoms. The molecule has 1 aromatic heterocycles. The van der Waals surface area contributed by atoms with E-state index in [4.69, 9.17) is 11.6 Å². The Hall–Kier alpha value is -1.94. The molecule has 0 radical (unpaired) electrons. The summed E-state index contributed by atoms with van der Waals surface area (Å²) in [5.74, 6) is -0.503. The van der Waals surface area contributed by atoms with Crippen molar-refractivity contribution in [3.8, 4) is 0 Å². The largest absolute Gasteiger partial charge is 0.324 e. The number of nitrogens with zero attached hydrogens (tertiary/aromatic N) is 1. The monoisotopic (exact) mass is 278 g/mol. The van der Waals surface area contributed by atoms with Gasteiger partial charge in [0.2, 0.25) is 5.91 Å². The third kappa shape index (κ3) is 3.76. The molecule has 0 aliphatic carbocycles. The average molecular weight is 279 g/mol. The summed E-state index contributed by atoms with van der Waals surface area (Å²) in [6, 6.07) is 7.58. The van der Waals surface area contributed by atoms with Crippen molar-refractivity contribution in [1.82, 2.24) is 4.98 Å². The SMILES string of the molecule is Cc1cc(NC(=O)Cc2ccc(F)cc2)cnc1Cl. The minimum absolute atomic E-state index is 0.182. The van der Waals surface area contributed by atoms with E-state index in [1.54, 1.807) is 18.2 Å². The van der Waals surface area contributed by atoms with Crippen molar-refractivity contribution < 1.29 is 9.18 Å². The summed E-state index contributed by atoms with van der Waals surface area (Å²) in [4.78, 5) is 15.7. The number of nitrogens with one attached hydrogen (secondary N) is 1. The van der Waals surface area contributed by atoms with Crippen LogP contribution in [0.2, 0.25) is 5.15 Å². The van der Waals surface area contributed by atoms with E-state index in [1.807, 2.05) is 6.92 Å². The lowest BCUT2D eigenvalue weighted by molar-refractivity contribution is -0.115. The first-order chi connectivity index (χ1) is 9.04. The molecule has 5 heteroatoms. The summed E-state index contributed by atoms with van der Waals surface area (Å²) in [6.45, 7) is 1.81. The second-order valence-electron chi connectivity index (χ2n) is 4.18. The van der Waals surface area contributed by atoms with Gasteiger partial charge in [0.05, 0.1) is 18.3 Å². The van der Waals surface area contributed by atoms with Crippen LogP contribution < -0.4 is 5.32 Å². The van der Waals surface area contributed by atoms with E-state index < -0.39 is 0 Å². The molecule has 0 saturated carbocycles. The number of rotatable bonds is 3. The Labute approximate surface area is 115 Å². The quantitative estimate of drug-likeness (QED) is 0.875. The molecule has 0 aliphatic rings. The summed E-state index contributed by atoms with van der Waals surface area (Å²) < 4.78 is 12.7. The fourth-order valence-corrected chi connectivity index (χ4v) is 1.72. The molecule has 1 aromatic carbocycles. The molecule has 0 aliphatic heterocycles. The van der Waals surface area contributed by atoms with E-state index in [9.17, 15) is 9.18 Å². The number of amides is 1. The first-order valence-corrected chi connectivity index (χ1v) is 6.09. The molecule has 0 unspecified atom stereocenters. The van der Waals surface area contributed by atoms with Gasteiger partial charge in [0.1, 0.15) is 11.0 Å². The van der Waals surface area contributed by atoms with Gasteiger partial charge in [-0.1, -0.05) is 23.7 Å². The molecule has 1 heterocycles. The maximum Gasteiger partial charge on any atom is 0.228 e. The van der Waals surface area contributed by atoms with Crippen LogP contribution in [-0.2, 0) is 11.2 Å². The lowest BCUT2D eigenvalue weighted by Crippen LogP contribution is -2.14. The molecule has 2 aromatic rings. The van der Waals surface area contributed by atoms with Gasteiger partial charge in [0.15, 0.2) is 0 Å². The summed E-state index contributed by atoms with van der Waals surface area (Å²) in [5.41, 5.74) is 2.13. The third-order valence-electron chi connectivity index (χ3n) is 2.58. The number of benzene rings is 1. The highest BCUT2D eigenvalue weighted by atomic mass is 35.5. The summed E-state index contributed by atoms with van der Waals surface area (Å²) in [6.07, 6.45) is 1.68. The highest BCUT2D eigenvalue weighted by molar-refractivity contribution is 6.30. The van der Waals surface area contributed by atoms with Crippen molar-refractivity contribution in [2.75, 3.05) is 5.32 Å². The van der Waals surface area contributed by atoms with Crippen LogP contribution in [-0.4, -0.2) is 10.9 Å². The Morgan fingerprint density at radius 2 is 2.05 bits per heavy atom. The van der Waals surface area contributed by atoms with Gasteiger partial charge < -0.3 is 5.32 Å². The predicted octanol–water partition coefficient (Wildman–Crippen LogP) is 3.36. The Morgan fingerprint density at radius 3 is 2.68 bits per heavy atom. The van der Waals surface area contributed by atoms with Gasteiger partial charge in [0.25, 0.3) is 0 Å². The van der Waals surface area contributed by atoms with Crippen LogP contribution in [0.1, 0.15) is 11.1 Å². The van der Waals surface area contributed by atoms with E-state index in [-0.39, 0.29) is 18.1 Å². The predicted molar refractivity (Wildman–Crippen MR) is 72.7 cm³/mol. The Bertz CT molecular complexity index is 599. The molecule has 98 valence electrons. The van der Waals surface area contributed by atoms with Gasteiger partial charge in [-0.25, -0.2) is 9.37 Å². The molecule has 1 amide bonds. The van der Waals surface area contributed by atoms with Crippen molar-refractivity contribution in [2.45, 2.75) is 13.3 Å². The second-order valence-corrected chi connectivity index (χ2v) is 4.54. The van der Waals surface area contributed by atoms with Gasteiger partial charge in [-0.3, -0.25) is 4.79 Å². The number of hydrogen-bond acceptors (Lipinski definition) is 2. The molecular formula is C14H12ClFN2O. The van der Waals surface area contributed by atoms with Crippen molar-refractivity contribution in [2.24, 2.45) is 0 Å². The average Bonchev–Trinajstić information content (AvgIpc) is 2.37. The number of carbonyl (C=O) groups is 1. The summed E-state index contributed by atoms with van der Waals surface area (Å²) in [5, 5.41) is 3.13. The fourth-order valence-electron chi connectivity index (χ4n) is 1.62. The van der Waals surface area contributed by atoms with E-state index >= 15 is 0 Å². The van der Waals surface area contributed by atoms with E-state index in [0.717, 1.165) is 11.1 Å². The second kappa shape index (κ2) is 5.80. The maximum absolute atomic E-state index is 12.7. The smallest absolute Gasteiger partial charge is 0.228 e. The number of hydrogen-bond donors (Lipinski definition) is 1. The van der Waals surface area contributed by atoms with Crippen LogP contribution in [0.15, 0.2) is 36.5 Å². The van der Waals surface area contributed by atoms with Crippen LogP contribution in [0.3, 0.4) is 0 Å². The van der Waals surface area contributed by atoms with E-state index in [1.165, 1.54) is 18.3 Å². The van der Waals surface area contributed by atoms with E-state index in [0.29, 0.717) is 10.8 Å². The summed E-state index contributed by atoms with van der Waals surface area (Å²) >= 11 is 5.80. The molecule has 1 N–H and O–H groups in total. The van der Waals surface area contributed by atoms with Gasteiger partial charge in [-0.05, 0) is 36.2 Å². The number of anilines is 1. The Morgan fingerprint density at radius 1 is 1.37 bits per heavy atom. The third-order valence-corrected chi connectivity index (χ3v) is 2.97. The topological polar surface area (TPSA) is 42.0 Å². The fraction of sp³-hybridized carbons (Fsp3) is 0.143. The maximum atomic E-state index is 12.7. The molecule has 0 fully saturated rings.